The number of nitrogens with zero attached hydrogens (tertiary/aromatic N) is 1. The van der Waals surface area contributed by atoms with Gasteiger partial charge in [-0.2, -0.15) is 0 Å². The first-order valence-corrected chi connectivity index (χ1v) is 5.77. The van der Waals surface area contributed by atoms with Gasteiger partial charge in [-0.25, -0.2) is 4.39 Å². The monoisotopic (exact) mass is 247 g/mol. The van der Waals surface area contributed by atoms with E-state index in [1.807, 2.05) is 6.07 Å². The van der Waals surface area contributed by atoms with Gasteiger partial charge in [-0.15, -0.1) is 11.6 Å². The van der Waals surface area contributed by atoms with E-state index < -0.39 is 0 Å². The molecule has 0 aliphatic carbocycles. The zero-order chi connectivity index (χ0) is 10.8. The van der Waals surface area contributed by atoms with Crippen LogP contribution in [0.2, 0.25) is 5.02 Å². The maximum Gasteiger partial charge on any atom is 0.142 e. The molecule has 1 heterocycles. The fourth-order valence-electron chi connectivity index (χ4n) is 1.83. The highest BCUT2D eigenvalue weighted by molar-refractivity contribution is 6.30. The lowest BCUT2D eigenvalue weighted by Crippen LogP contribution is -2.20. The van der Waals surface area contributed by atoms with Crippen molar-refractivity contribution >= 4 is 23.2 Å². The summed E-state index contributed by atoms with van der Waals surface area (Å²) in [5.41, 5.74) is 0.947. The normalized spacial score (nSPS) is 22.2. The Hall–Kier alpha value is -0.310. The SMILES string of the molecule is Fc1cc(CN2CCC(Cl)C2)ccc1Cl. The highest BCUT2D eigenvalue weighted by Crippen LogP contribution is 2.20. The van der Waals surface area contributed by atoms with E-state index in [2.05, 4.69) is 4.90 Å². The minimum Gasteiger partial charge on any atom is -0.298 e. The van der Waals surface area contributed by atoms with E-state index in [9.17, 15) is 4.39 Å². The molecule has 1 aliphatic heterocycles. The van der Waals surface area contributed by atoms with Crippen LogP contribution in [0.25, 0.3) is 0 Å². The number of hydrogen-bond acceptors (Lipinski definition) is 1. The van der Waals surface area contributed by atoms with Gasteiger partial charge in [0, 0.05) is 18.5 Å². The Morgan fingerprint density at radius 1 is 1.47 bits per heavy atom. The van der Waals surface area contributed by atoms with Gasteiger partial charge >= 0.3 is 0 Å². The lowest BCUT2D eigenvalue weighted by atomic mass is 10.2. The molecule has 0 radical (unpaired) electrons. The predicted molar refractivity (Wildman–Crippen MR) is 60.9 cm³/mol. The molecule has 0 N–H and O–H groups in total. The standard InChI is InChI=1S/C11H12Cl2FN/c12-9-3-4-15(7-9)6-8-1-2-10(13)11(14)5-8/h1-2,5,9H,3-4,6-7H2. The lowest BCUT2D eigenvalue weighted by molar-refractivity contribution is 0.331. The molecule has 1 unspecified atom stereocenters. The van der Waals surface area contributed by atoms with E-state index in [-0.39, 0.29) is 16.2 Å². The van der Waals surface area contributed by atoms with Crippen LogP contribution in [0.15, 0.2) is 18.2 Å². The zero-order valence-electron chi connectivity index (χ0n) is 8.22. The second-order valence-electron chi connectivity index (χ2n) is 3.87. The van der Waals surface area contributed by atoms with E-state index in [4.69, 9.17) is 23.2 Å². The van der Waals surface area contributed by atoms with Crippen molar-refractivity contribution in [3.8, 4) is 0 Å². The van der Waals surface area contributed by atoms with Crippen LogP contribution < -0.4 is 0 Å². The summed E-state index contributed by atoms with van der Waals surface area (Å²) in [6, 6.07) is 4.94. The summed E-state index contributed by atoms with van der Waals surface area (Å²) in [5, 5.41) is 0.414. The highest BCUT2D eigenvalue weighted by atomic mass is 35.5. The number of rotatable bonds is 2. The first-order valence-electron chi connectivity index (χ1n) is 4.95. The summed E-state index contributed by atoms with van der Waals surface area (Å²) in [6.45, 7) is 2.61. The molecule has 1 saturated heterocycles. The molecule has 2 rings (SSSR count). The second kappa shape index (κ2) is 4.69. The first-order chi connectivity index (χ1) is 7.15. The molecule has 1 nitrogen and oxygen atoms in total. The molecule has 15 heavy (non-hydrogen) atoms. The molecule has 1 aliphatic rings. The Labute approximate surface area is 98.8 Å². The fraction of sp³-hybridized carbons (Fsp3) is 0.455. The Bertz CT molecular complexity index is 356. The summed E-state index contributed by atoms with van der Waals surface area (Å²) < 4.78 is 13.2. The van der Waals surface area contributed by atoms with Crippen molar-refractivity contribution < 1.29 is 4.39 Å². The molecule has 1 atom stereocenters. The average molecular weight is 248 g/mol. The summed E-state index contributed by atoms with van der Waals surface area (Å²) in [6.07, 6.45) is 1.01. The minimum absolute atomic E-state index is 0.176. The quantitative estimate of drug-likeness (QED) is 0.726. The fourth-order valence-corrected chi connectivity index (χ4v) is 2.24. The molecule has 82 valence electrons. The molecule has 1 aromatic rings. The van der Waals surface area contributed by atoms with E-state index in [1.54, 1.807) is 6.07 Å². The minimum atomic E-state index is -0.351. The lowest BCUT2D eigenvalue weighted by Gasteiger charge is -2.14. The number of benzene rings is 1. The second-order valence-corrected chi connectivity index (χ2v) is 4.89. The molecular formula is C11H12Cl2FN. The van der Waals surface area contributed by atoms with Crippen molar-refractivity contribution in [3.05, 3.63) is 34.6 Å². The van der Waals surface area contributed by atoms with Gasteiger partial charge in [-0.3, -0.25) is 4.90 Å². The van der Waals surface area contributed by atoms with Crippen molar-refractivity contribution in [1.29, 1.82) is 0 Å². The maximum atomic E-state index is 13.2. The van der Waals surface area contributed by atoms with Crippen LogP contribution >= 0.6 is 23.2 Å². The van der Waals surface area contributed by atoms with E-state index in [0.29, 0.717) is 0 Å². The van der Waals surface area contributed by atoms with Crippen molar-refractivity contribution in [1.82, 2.24) is 4.90 Å². The van der Waals surface area contributed by atoms with Gasteiger partial charge < -0.3 is 0 Å². The van der Waals surface area contributed by atoms with Crippen molar-refractivity contribution in [3.63, 3.8) is 0 Å². The molecular weight excluding hydrogens is 236 g/mol. The van der Waals surface area contributed by atoms with Gasteiger partial charge in [0.05, 0.1) is 5.02 Å². The van der Waals surface area contributed by atoms with Gasteiger partial charge in [0.15, 0.2) is 0 Å². The van der Waals surface area contributed by atoms with Gasteiger partial charge in [0.2, 0.25) is 0 Å². The largest absolute Gasteiger partial charge is 0.298 e. The summed E-state index contributed by atoms with van der Waals surface area (Å²) in [5.74, 6) is -0.351. The Morgan fingerprint density at radius 2 is 2.27 bits per heavy atom. The summed E-state index contributed by atoms with van der Waals surface area (Å²) >= 11 is 11.6. The van der Waals surface area contributed by atoms with Crippen LogP contribution in [0.3, 0.4) is 0 Å². The van der Waals surface area contributed by atoms with Crippen LogP contribution in [-0.2, 0) is 6.54 Å². The Kier molecular flexibility index (Phi) is 3.49. The Morgan fingerprint density at radius 3 is 2.87 bits per heavy atom. The van der Waals surface area contributed by atoms with Crippen LogP contribution in [0, 0.1) is 5.82 Å². The van der Waals surface area contributed by atoms with Gasteiger partial charge in [0.25, 0.3) is 0 Å². The third kappa shape index (κ3) is 2.83. The molecule has 0 amide bonds. The van der Waals surface area contributed by atoms with E-state index in [1.165, 1.54) is 6.07 Å². The van der Waals surface area contributed by atoms with Gasteiger partial charge in [-0.1, -0.05) is 17.7 Å². The third-order valence-corrected chi connectivity index (χ3v) is 3.27. The Balaban J connectivity index is 2.02. The predicted octanol–water partition coefficient (Wildman–Crippen LogP) is 3.29. The molecule has 0 saturated carbocycles. The van der Waals surface area contributed by atoms with Crippen LogP contribution in [0.4, 0.5) is 4.39 Å². The highest BCUT2D eigenvalue weighted by Gasteiger charge is 2.20. The maximum absolute atomic E-state index is 13.2. The van der Waals surface area contributed by atoms with E-state index >= 15 is 0 Å². The molecule has 0 spiro atoms. The summed E-state index contributed by atoms with van der Waals surface area (Å²) in [4.78, 5) is 2.22. The third-order valence-electron chi connectivity index (χ3n) is 2.61. The van der Waals surface area contributed by atoms with Crippen LogP contribution in [0.5, 0.6) is 0 Å². The van der Waals surface area contributed by atoms with Gasteiger partial charge in [0.1, 0.15) is 5.82 Å². The van der Waals surface area contributed by atoms with Crippen LogP contribution in [-0.4, -0.2) is 23.4 Å². The summed E-state index contributed by atoms with van der Waals surface area (Å²) in [7, 11) is 0. The number of alkyl halides is 1. The van der Waals surface area contributed by atoms with Crippen molar-refractivity contribution in [2.75, 3.05) is 13.1 Å². The smallest absolute Gasteiger partial charge is 0.142 e. The number of hydrogen-bond donors (Lipinski definition) is 0. The molecule has 0 aromatic heterocycles. The average Bonchev–Trinajstić information content (AvgIpc) is 2.58. The van der Waals surface area contributed by atoms with Crippen molar-refractivity contribution in [2.45, 2.75) is 18.3 Å². The van der Waals surface area contributed by atoms with Crippen molar-refractivity contribution in [2.24, 2.45) is 0 Å². The van der Waals surface area contributed by atoms with Gasteiger partial charge in [-0.05, 0) is 30.7 Å². The molecule has 0 bridgehead atoms. The first kappa shape index (κ1) is 11.2. The molecule has 1 fully saturated rings. The molecule has 4 heteroatoms. The topological polar surface area (TPSA) is 3.24 Å². The number of halogens is 3. The van der Waals surface area contributed by atoms with E-state index in [0.717, 1.165) is 31.6 Å². The van der Waals surface area contributed by atoms with Crippen LogP contribution in [0.1, 0.15) is 12.0 Å². The number of likely N-dealkylation sites (tertiary alicyclic amines) is 1. The zero-order valence-corrected chi connectivity index (χ0v) is 9.73. The molecule has 1 aromatic carbocycles.